The molecule has 30 heavy (non-hydrogen) atoms. The highest BCUT2D eigenvalue weighted by molar-refractivity contribution is 6.46. The third-order valence-corrected chi connectivity index (χ3v) is 5.41. The number of carbonyl (C=O) groups is 2. The van der Waals surface area contributed by atoms with E-state index in [0.717, 1.165) is 17.7 Å². The molecule has 0 saturated heterocycles. The Hall–Kier alpha value is -3.37. The molecule has 0 unspecified atom stereocenters. The second kappa shape index (κ2) is 8.17. The van der Waals surface area contributed by atoms with Crippen molar-refractivity contribution in [2.45, 2.75) is 20.3 Å². The second-order valence-electron chi connectivity index (χ2n) is 7.17. The zero-order valence-electron chi connectivity index (χ0n) is 16.8. The molecule has 150 valence electrons. The molecule has 5 heteroatoms. The molecule has 1 aliphatic rings. The lowest BCUT2D eigenvalue weighted by atomic mass is 10.0. The number of nitrogens with one attached hydrogen (secondary N) is 1. The number of imide groups is 1. The van der Waals surface area contributed by atoms with Crippen LogP contribution in [0, 0.1) is 6.92 Å². The van der Waals surface area contributed by atoms with Gasteiger partial charge in [0, 0.05) is 10.7 Å². The van der Waals surface area contributed by atoms with Crippen molar-refractivity contribution in [1.82, 2.24) is 0 Å². The topological polar surface area (TPSA) is 49.4 Å². The van der Waals surface area contributed by atoms with Gasteiger partial charge in [-0.25, -0.2) is 4.90 Å². The van der Waals surface area contributed by atoms with Crippen molar-refractivity contribution in [3.05, 3.63) is 100 Å². The van der Waals surface area contributed by atoms with E-state index in [1.807, 2.05) is 61.5 Å². The SMILES string of the molecule is CCc1ccc(NC2=C(c3ccccc3)C(=O)N(c3ccc(Cl)cc3C)C2=O)cc1. The highest BCUT2D eigenvalue weighted by Crippen LogP contribution is 2.35. The highest BCUT2D eigenvalue weighted by atomic mass is 35.5. The fourth-order valence-electron chi connectivity index (χ4n) is 3.57. The van der Waals surface area contributed by atoms with Gasteiger partial charge in [0.2, 0.25) is 0 Å². The van der Waals surface area contributed by atoms with Crippen LogP contribution in [0.4, 0.5) is 11.4 Å². The van der Waals surface area contributed by atoms with Crippen LogP contribution in [0.3, 0.4) is 0 Å². The quantitative estimate of drug-likeness (QED) is 0.550. The molecule has 3 aromatic rings. The Bertz CT molecular complexity index is 1150. The molecule has 2 amide bonds. The fourth-order valence-corrected chi connectivity index (χ4v) is 3.80. The van der Waals surface area contributed by atoms with E-state index in [9.17, 15) is 9.59 Å². The minimum absolute atomic E-state index is 0.268. The van der Waals surface area contributed by atoms with Gasteiger partial charge in [-0.3, -0.25) is 9.59 Å². The molecule has 0 saturated carbocycles. The number of benzene rings is 3. The van der Waals surface area contributed by atoms with E-state index in [-0.39, 0.29) is 17.5 Å². The van der Waals surface area contributed by atoms with Gasteiger partial charge in [-0.2, -0.15) is 0 Å². The van der Waals surface area contributed by atoms with E-state index in [2.05, 4.69) is 12.2 Å². The first-order valence-electron chi connectivity index (χ1n) is 9.80. The van der Waals surface area contributed by atoms with Gasteiger partial charge in [-0.1, -0.05) is 61.0 Å². The van der Waals surface area contributed by atoms with E-state index in [0.29, 0.717) is 21.8 Å². The smallest absolute Gasteiger partial charge is 0.282 e. The van der Waals surface area contributed by atoms with Crippen LogP contribution in [0.5, 0.6) is 0 Å². The summed E-state index contributed by atoms with van der Waals surface area (Å²) in [6, 6.07) is 22.2. The molecule has 0 fully saturated rings. The Balaban J connectivity index is 1.80. The van der Waals surface area contributed by atoms with Crippen molar-refractivity contribution in [3.8, 4) is 0 Å². The number of nitrogens with zero attached hydrogens (tertiary/aromatic N) is 1. The Morgan fingerprint density at radius 1 is 0.900 bits per heavy atom. The van der Waals surface area contributed by atoms with Crippen molar-refractivity contribution < 1.29 is 9.59 Å². The van der Waals surface area contributed by atoms with E-state index in [1.54, 1.807) is 18.2 Å². The van der Waals surface area contributed by atoms with Crippen LogP contribution in [0.2, 0.25) is 5.02 Å². The van der Waals surface area contributed by atoms with Gasteiger partial charge in [0.15, 0.2) is 0 Å². The standard InChI is InChI=1S/C25H21ClN2O2/c1-3-17-9-12-20(13-10-17)27-23-22(18-7-5-4-6-8-18)24(29)28(25(23)30)21-14-11-19(26)15-16(21)2/h4-15,27H,3H2,1-2H3. The summed E-state index contributed by atoms with van der Waals surface area (Å²) in [5.41, 5.74) is 4.56. The maximum absolute atomic E-state index is 13.4. The van der Waals surface area contributed by atoms with E-state index >= 15 is 0 Å². The first-order valence-corrected chi connectivity index (χ1v) is 10.2. The van der Waals surface area contributed by atoms with Gasteiger partial charge in [-0.05, 0) is 60.4 Å². The number of amides is 2. The van der Waals surface area contributed by atoms with Crippen LogP contribution in [0.25, 0.3) is 5.57 Å². The van der Waals surface area contributed by atoms with Gasteiger partial charge >= 0.3 is 0 Å². The van der Waals surface area contributed by atoms with Gasteiger partial charge in [0.05, 0.1) is 11.3 Å². The Morgan fingerprint density at radius 2 is 1.60 bits per heavy atom. The number of rotatable bonds is 5. The lowest BCUT2D eigenvalue weighted by molar-refractivity contribution is -0.120. The number of aryl methyl sites for hydroxylation is 2. The van der Waals surface area contributed by atoms with Gasteiger partial charge in [-0.15, -0.1) is 0 Å². The maximum Gasteiger partial charge on any atom is 0.282 e. The lowest BCUT2D eigenvalue weighted by Crippen LogP contribution is -2.33. The van der Waals surface area contributed by atoms with E-state index in [1.165, 1.54) is 10.5 Å². The third-order valence-electron chi connectivity index (χ3n) is 5.18. The molecule has 4 rings (SSSR count). The monoisotopic (exact) mass is 416 g/mol. The summed E-state index contributed by atoms with van der Waals surface area (Å²) in [5.74, 6) is -0.742. The fraction of sp³-hybridized carbons (Fsp3) is 0.120. The molecule has 1 aliphatic heterocycles. The summed E-state index contributed by atoms with van der Waals surface area (Å²) in [4.78, 5) is 28.1. The predicted octanol–water partition coefficient (Wildman–Crippen LogP) is 5.61. The summed E-state index contributed by atoms with van der Waals surface area (Å²) in [7, 11) is 0. The van der Waals surface area contributed by atoms with Crippen LogP contribution >= 0.6 is 11.6 Å². The molecule has 0 atom stereocenters. The van der Waals surface area contributed by atoms with Crippen molar-refractivity contribution in [3.63, 3.8) is 0 Å². The number of hydrogen-bond acceptors (Lipinski definition) is 3. The van der Waals surface area contributed by atoms with E-state index in [4.69, 9.17) is 11.6 Å². The average molecular weight is 417 g/mol. The van der Waals surface area contributed by atoms with Crippen LogP contribution < -0.4 is 10.2 Å². The molecule has 0 radical (unpaired) electrons. The van der Waals surface area contributed by atoms with Crippen LogP contribution in [-0.4, -0.2) is 11.8 Å². The lowest BCUT2D eigenvalue weighted by Gasteiger charge is -2.18. The van der Waals surface area contributed by atoms with Gasteiger partial charge in [0.25, 0.3) is 11.8 Å². The summed E-state index contributed by atoms with van der Waals surface area (Å²) >= 11 is 6.07. The first kappa shape index (κ1) is 19.9. The van der Waals surface area contributed by atoms with Crippen molar-refractivity contribution in [1.29, 1.82) is 0 Å². The Kier molecular flexibility index (Phi) is 5.42. The Labute approximate surface area is 180 Å². The Morgan fingerprint density at radius 3 is 2.23 bits per heavy atom. The predicted molar refractivity (Wildman–Crippen MR) is 121 cm³/mol. The number of carbonyl (C=O) groups excluding carboxylic acids is 2. The molecule has 3 aromatic carbocycles. The minimum Gasteiger partial charge on any atom is -0.350 e. The number of halogens is 1. The largest absolute Gasteiger partial charge is 0.350 e. The summed E-state index contributed by atoms with van der Waals surface area (Å²) in [5, 5.41) is 3.75. The van der Waals surface area contributed by atoms with E-state index < -0.39 is 0 Å². The third kappa shape index (κ3) is 3.62. The number of anilines is 2. The highest BCUT2D eigenvalue weighted by Gasteiger charge is 2.40. The van der Waals surface area contributed by atoms with Crippen LogP contribution in [0.1, 0.15) is 23.6 Å². The normalized spacial score (nSPS) is 13.9. The minimum atomic E-state index is -0.385. The number of hydrogen-bond donors (Lipinski definition) is 1. The summed E-state index contributed by atoms with van der Waals surface area (Å²) in [6.45, 7) is 3.92. The van der Waals surface area contributed by atoms with Crippen LogP contribution in [0.15, 0.2) is 78.5 Å². The molecule has 0 aromatic heterocycles. The molecule has 1 heterocycles. The van der Waals surface area contributed by atoms with Crippen molar-refractivity contribution in [2.24, 2.45) is 0 Å². The molecule has 1 N–H and O–H groups in total. The summed E-state index contributed by atoms with van der Waals surface area (Å²) < 4.78 is 0. The molecular weight excluding hydrogens is 396 g/mol. The zero-order chi connectivity index (χ0) is 21.3. The molecule has 0 spiro atoms. The van der Waals surface area contributed by atoms with Gasteiger partial charge < -0.3 is 5.32 Å². The first-order chi connectivity index (χ1) is 14.5. The van der Waals surface area contributed by atoms with Crippen LogP contribution in [-0.2, 0) is 16.0 Å². The second-order valence-corrected chi connectivity index (χ2v) is 7.60. The molecular formula is C25H21ClN2O2. The molecule has 4 nitrogen and oxygen atoms in total. The summed E-state index contributed by atoms with van der Waals surface area (Å²) in [6.07, 6.45) is 0.930. The molecule has 0 aliphatic carbocycles. The maximum atomic E-state index is 13.4. The van der Waals surface area contributed by atoms with Crippen molar-refractivity contribution >= 4 is 40.4 Å². The molecule has 0 bridgehead atoms. The average Bonchev–Trinajstić information content (AvgIpc) is 2.99. The van der Waals surface area contributed by atoms with Crippen molar-refractivity contribution in [2.75, 3.05) is 10.2 Å². The zero-order valence-corrected chi connectivity index (χ0v) is 17.5. The van der Waals surface area contributed by atoms with Gasteiger partial charge in [0.1, 0.15) is 5.70 Å².